The van der Waals surface area contributed by atoms with E-state index in [9.17, 15) is 4.79 Å². The molecular weight excluding hydrogens is 246 g/mol. The van der Waals surface area contributed by atoms with E-state index in [1.807, 2.05) is 0 Å². The molecule has 1 saturated heterocycles. The second-order valence-electron chi connectivity index (χ2n) is 4.88. The van der Waals surface area contributed by atoms with Gasteiger partial charge >= 0.3 is 5.91 Å². The van der Waals surface area contributed by atoms with Crippen molar-refractivity contribution >= 4 is 5.91 Å². The number of nitrogens with zero attached hydrogens (tertiary/aromatic N) is 1. The predicted molar refractivity (Wildman–Crippen MR) is 70.1 cm³/mol. The Bertz CT molecular complexity index is 417. The van der Waals surface area contributed by atoms with Gasteiger partial charge in [-0.1, -0.05) is 6.42 Å². The van der Waals surface area contributed by atoms with E-state index >= 15 is 0 Å². The van der Waals surface area contributed by atoms with Gasteiger partial charge in [0.25, 0.3) is 0 Å². The lowest BCUT2D eigenvalue weighted by Gasteiger charge is -2.35. The Kier molecular flexibility index (Phi) is 4.95. The van der Waals surface area contributed by atoms with Gasteiger partial charge < -0.3 is 9.52 Å². The lowest BCUT2D eigenvalue weighted by molar-refractivity contribution is 0.0912. The first-order chi connectivity index (χ1) is 9.26. The number of hydrazine groups is 1. The van der Waals surface area contributed by atoms with Crippen LogP contribution in [0.4, 0.5) is 0 Å². The minimum absolute atomic E-state index is 0.197. The third kappa shape index (κ3) is 3.34. The minimum Gasteiger partial charge on any atom is -0.459 e. The fourth-order valence-electron chi connectivity index (χ4n) is 2.69. The molecule has 0 saturated carbocycles. The maximum atomic E-state index is 11.6. The van der Waals surface area contributed by atoms with Crippen LogP contribution in [0.1, 0.15) is 41.8 Å². The average Bonchev–Trinajstić information content (AvgIpc) is 2.88. The van der Waals surface area contributed by atoms with Crippen molar-refractivity contribution < 1.29 is 14.3 Å². The zero-order chi connectivity index (χ0) is 13.7. The molecule has 1 fully saturated rings. The standard InChI is InChI=1S/C13H21N3O3/c14-15-13(18)12-10(5-8-19-12)9-16-6-2-1-3-11(16)4-7-17/h5,8,11,17H,1-4,6-7,9,14H2,(H,15,18). The van der Waals surface area contributed by atoms with Crippen LogP contribution in [0.25, 0.3) is 0 Å². The van der Waals surface area contributed by atoms with Gasteiger partial charge in [0.05, 0.1) is 6.26 Å². The maximum absolute atomic E-state index is 11.6. The van der Waals surface area contributed by atoms with Crippen molar-refractivity contribution in [1.29, 1.82) is 0 Å². The third-order valence-electron chi connectivity index (χ3n) is 3.67. The molecule has 0 bridgehead atoms. The number of amides is 1. The minimum atomic E-state index is -0.407. The molecule has 2 heterocycles. The number of likely N-dealkylation sites (tertiary alicyclic amines) is 1. The van der Waals surface area contributed by atoms with Crippen LogP contribution in [0.3, 0.4) is 0 Å². The monoisotopic (exact) mass is 267 g/mol. The molecule has 1 aliphatic rings. The summed E-state index contributed by atoms with van der Waals surface area (Å²) in [6, 6.07) is 2.18. The van der Waals surface area contributed by atoms with Crippen LogP contribution in [-0.4, -0.2) is 35.1 Å². The highest BCUT2D eigenvalue weighted by atomic mass is 16.3. The Hall–Kier alpha value is -1.37. The van der Waals surface area contributed by atoms with Crippen LogP contribution in [0, 0.1) is 0 Å². The average molecular weight is 267 g/mol. The second-order valence-corrected chi connectivity index (χ2v) is 4.88. The van der Waals surface area contributed by atoms with Gasteiger partial charge in [0.15, 0.2) is 5.76 Å². The van der Waals surface area contributed by atoms with Gasteiger partial charge in [-0.25, -0.2) is 5.84 Å². The summed E-state index contributed by atoms with van der Waals surface area (Å²) < 4.78 is 5.19. The fourth-order valence-corrected chi connectivity index (χ4v) is 2.69. The molecule has 6 heteroatoms. The molecule has 0 radical (unpaired) electrons. The van der Waals surface area contributed by atoms with Gasteiger partial charge in [-0.05, 0) is 31.9 Å². The van der Waals surface area contributed by atoms with Crippen molar-refractivity contribution in [1.82, 2.24) is 10.3 Å². The smallest absolute Gasteiger partial charge is 0.301 e. The summed E-state index contributed by atoms with van der Waals surface area (Å²) in [5.41, 5.74) is 2.93. The number of aliphatic hydroxyl groups excluding tert-OH is 1. The summed E-state index contributed by atoms with van der Waals surface area (Å²) in [6.07, 6.45) is 5.72. The Morgan fingerprint density at radius 1 is 1.58 bits per heavy atom. The Balaban J connectivity index is 2.06. The lowest BCUT2D eigenvalue weighted by Crippen LogP contribution is -2.40. The summed E-state index contributed by atoms with van der Waals surface area (Å²) in [7, 11) is 0. The highest BCUT2D eigenvalue weighted by Gasteiger charge is 2.24. The van der Waals surface area contributed by atoms with E-state index in [-0.39, 0.29) is 12.4 Å². The number of carbonyl (C=O) groups is 1. The van der Waals surface area contributed by atoms with Crippen molar-refractivity contribution in [3.8, 4) is 0 Å². The normalized spacial score (nSPS) is 20.4. The predicted octanol–water partition coefficient (Wildman–Crippen LogP) is 0.620. The second kappa shape index (κ2) is 6.70. The van der Waals surface area contributed by atoms with Gasteiger partial charge in [-0.15, -0.1) is 0 Å². The Morgan fingerprint density at radius 3 is 3.16 bits per heavy atom. The first kappa shape index (κ1) is 14.0. The quantitative estimate of drug-likeness (QED) is 0.413. The molecule has 1 aliphatic heterocycles. The number of hydrogen-bond donors (Lipinski definition) is 3. The van der Waals surface area contributed by atoms with Crippen LogP contribution >= 0.6 is 0 Å². The van der Waals surface area contributed by atoms with E-state index in [1.165, 1.54) is 12.7 Å². The number of rotatable bonds is 5. The van der Waals surface area contributed by atoms with E-state index < -0.39 is 5.91 Å². The SMILES string of the molecule is NNC(=O)c1occc1CN1CCCCC1CCO. The molecule has 1 atom stereocenters. The summed E-state index contributed by atoms with van der Waals surface area (Å²) in [5.74, 6) is 5.00. The summed E-state index contributed by atoms with van der Waals surface area (Å²) in [5, 5.41) is 9.12. The fraction of sp³-hybridized carbons (Fsp3) is 0.615. The molecule has 1 aromatic rings. The van der Waals surface area contributed by atoms with Crippen molar-refractivity contribution in [2.24, 2.45) is 5.84 Å². The van der Waals surface area contributed by atoms with Gasteiger partial charge in [0, 0.05) is 24.8 Å². The number of carbonyl (C=O) groups excluding carboxylic acids is 1. The van der Waals surface area contributed by atoms with E-state index in [4.69, 9.17) is 15.4 Å². The zero-order valence-electron chi connectivity index (χ0n) is 11.0. The molecule has 19 heavy (non-hydrogen) atoms. The van der Waals surface area contributed by atoms with E-state index in [1.54, 1.807) is 6.07 Å². The van der Waals surface area contributed by atoms with Gasteiger partial charge in [-0.3, -0.25) is 15.1 Å². The molecule has 4 N–H and O–H groups in total. The number of furan rings is 1. The van der Waals surface area contributed by atoms with Crippen molar-refractivity contribution in [3.63, 3.8) is 0 Å². The van der Waals surface area contributed by atoms with Gasteiger partial charge in [-0.2, -0.15) is 0 Å². The van der Waals surface area contributed by atoms with Crippen LogP contribution in [0.2, 0.25) is 0 Å². The topological polar surface area (TPSA) is 91.7 Å². The first-order valence-corrected chi connectivity index (χ1v) is 6.68. The Labute approximate surface area is 112 Å². The molecular formula is C13H21N3O3. The largest absolute Gasteiger partial charge is 0.459 e. The molecule has 1 amide bonds. The number of hydrogen-bond acceptors (Lipinski definition) is 5. The molecule has 2 rings (SSSR count). The van der Waals surface area contributed by atoms with Crippen LogP contribution in [0.15, 0.2) is 16.7 Å². The van der Waals surface area contributed by atoms with Crippen molar-refractivity contribution in [2.45, 2.75) is 38.3 Å². The van der Waals surface area contributed by atoms with E-state index in [2.05, 4.69) is 10.3 Å². The van der Waals surface area contributed by atoms with Crippen molar-refractivity contribution in [2.75, 3.05) is 13.2 Å². The third-order valence-corrected chi connectivity index (χ3v) is 3.67. The van der Waals surface area contributed by atoms with Crippen LogP contribution in [0.5, 0.6) is 0 Å². The first-order valence-electron chi connectivity index (χ1n) is 6.68. The maximum Gasteiger partial charge on any atom is 0.301 e. The number of nitrogens with one attached hydrogen (secondary N) is 1. The van der Waals surface area contributed by atoms with Gasteiger partial charge in [0.2, 0.25) is 0 Å². The summed E-state index contributed by atoms with van der Waals surface area (Å²) in [6.45, 7) is 1.84. The number of aliphatic hydroxyl groups is 1. The van der Waals surface area contributed by atoms with E-state index in [0.717, 1.165) is 31.4 Å². The molecule has 1 aromatic heterocycles. The molecule has 6 nitrogen and oxygen atoms in total. The van der Waals surface area contributed by atoms with Crippen LogP contribution in [-0.2, 0) is 6.54 Å². The highest BCUT2D eigenvalue weighted by Crippen LogP contribution is 2.23. The molecule has 0 aliphatic carbocycles. The van der Waals surface area contributed by atoms with Crippen LogP contribution < -0.4 is 11.3 Å². The summed E-state index contributed by atoms with van der Waals surface area (Å²) >= 11 is 0. The summed E-state index contributed by atoms with van der Waals surface area (Å²) in [4.78, 5) is 13.9. The Morgan fingerprint density at radius 2 is 2.42 bits per heavy atom. The van der Waals surface area contributed by atoms with Gasteiger partial charge in [0.1, 0.15) is 0 Å². The highest BCUT2D eigenvalue weighted by molar-refractivity contribution is 5.92. The lowest BCUT2D eigenvalue weighted by atomic mass is 9.99. The molecule has 106 valence electrons. The van der Waals surface area contributed by atoms with Crippen molar-refractivity contribution in [3.05, 3.63) is 23.7 Å². The molecule has 1 unspecified atom stereocenters. The van der Waals surface area contributed by atoms with E-state index in [0.29, 0.717) is 12.6 Å². The zero-order valence-corrected chi connectivity index (χ0v) is 11.0. The molecule has 0 spiro atoms. The number of piperidine rings is 1. The number of nitrogen functional groups attached to an aromatic ring is 1. The number of nitrogens with two attached hydrogens (primary N) is 1. The molecule has 0 aromatic carbocycles.